The van der Waals surface area contributed by atoms with Crippen LogP contribution in [0, 0.1) is 0 Å². The molecule has 0 aliphatic rings. The summed E-state index contributed by atoms with van der Waals surface area (Å²) < 4.78 is 10.7. The Bertz CT molecular complexity index is 540. The van der Waals surface area contributed by atoms with Crippen LogP contribution >= 0.6 is 0 Å². The van der Waals surface area contributed by atoms with E-state index in [1.165, 1.54) is 0 Å². The van der Waals surface area contributed by atoms with Crippen LogP contribution in [0.25, 0.3) is 0 Å². The van der Waals surface area contributed by atoms with Crippen LogP contribution < -0.4 is 9.47 Å². The Labute approximate surface area is 112 Å². The number of ether oxygens (including phenoxy) is 2. The van der Waals surface area contributed by atoms with E-state index >= 15 is 0 Å². The van der Waals surface area contributed by atoms with Gasteiger partial charge in [0, 0.05) is 18.8 Å². The minimum absolute atomic E-state index is 0.491. The highest BCUT2D eigenvalue weighted by molar-refractivity contribution is 5.80. The summed E-state index contributed by atoms with van der Waals surface area (Å²) in [5, 5.41) is 0. The van der Waals surface area contributed by atoms with Crippen LogP contribution in [0.2, 0.25) is 0 Å². The second-order valence-corrected chi connectivity index (χ2v) is 3.98. The minimum atomic E-state index is 0.491. The average molecular weight is 257 g/mol. The van der Waals surface area contributed by atoms with Gasteiger partial charge in [0.1, 0.15) is 11.5 Å². The van der Waals surface area contributed by atoms with Gasteiger partial charge in [-0.15, -0.1) is 0 Å². The molecule has 1 aromatic heterocycles. The van der Waals surface area contributed by atoms with E-state index in [1.807, 2.05) is 12.1 Å². The first-order valence-corrected chi connectivity index (χ1v) is 5.98. The standard InChI is InChI=1S/C15H15NO3/c1-18-14-4-5-15(13(9-14)11-17)19-8-6-12-3-2-7-16-10-12/h2-5,7,9-11H,6,8H2,1H3. The predicted molar refractivity (Wildman–Crippen MR) is 71.8 cm³/mol. The lowest BCUT2D eigenvalue weighted by molar-refractivity contribution is 0.111. The zero-order valence-electron chi connectivity index (χ0n) is 10.7. The molecule has 0 aliphatic carbocycles. The molecule has 0 saturated heterocycles. The van der Waals surface area contributed by atoms with Crippen LogP contribution in [0.15, 0.2) is 42.7 Å². The van der Waals surface area contributed by atoms with Crippen LogP contribution in [-0.4, -0.2) is 25.0 Å². The lowest BCUT2D eigenvalue weighted by atomic mass is 10.2. The summed E-state index contributed by atoms with van der Waals surface area (Å²) in [6.45, 7) is 0.499. The van der Waals surface area contributed by atoms with Crippen molar-refractivity contribution < 1.29 is 14.3 Å². The smallest absolute Gasteiger partial charge is 0.153 e. The molecule has 2 rings (SSSR count). The number of methoxy groups -OCH3 is 1. The Balaban J connectivity index is 1.97. The Morgan fingerprint density at radius 2 is 2.21 bits per heavy atom. The van der Waals surface area contributed by atoms with Gasteiger partial charge in [0.05, 0.1) is 19.3 Å². The van der Waals surface area contributed by atoms with E-state index in [-0.39, 0.29) is 0 Å². The van der Waals surface area contributed by atoms with E-state index < -0.39 is 0 Å². The lowest BCUT2D eigenvalue weighted by Gasteiger charge is -2.09. The highest BCUT2D eigenvalue weighted by atomic mass is 16.5. The summed E-state index contributed by atoms with van der Waals surface area (Å²) in [6, 6.07) is 9.05. The van der Waals surface area contributed by atoms with Gasteiger partial charge >= 0.3 is 0 Å². The molecule has 0 unspecified atom stereocenters. The molecule has 19 heavy (non-hydrogen) atoms. The first-order chi connectivity index (χ1) is 9.33. The molecule has 0 N–H and O–H groups in total. The fourth-order valence-corrected chi connectivity index (χ4v) is 1.70. The number of hydrogen-bond acceptors (Lipinski definition) is 4. The van der Waals surface area contributed by atoms with Gasteiger partial charge < -0.3 is 9.47 Å². The van der Waals surface area contributed by atoms with E-state index in [0.717, 1.165) is 18.3 Å². The summed E-state index contributed by atoms with van der Waals surface area (Å²) in [6.07, 6.45) is 5.05. The van der Waals surface area contributed by atoms with E-state index in [2.05, 4.69) is 4.98 Å². The number of pyridine rings is 1. The first-order valence-electron chi connectivity index (χ1n) is 5.98. The SMILES string of the molecule is COc1ccc(OCCc2cccnc2)c(C=O)c1. The first kappa shape index (κ1) is 13.1. The highest BCUT2D eigenvalue weighted by Gasteiger charge is 2.05. The molecule has 0 bridgehead atoms. The van der Waals surface area contributed by atoms with Gasteiger partial charge in [-0.3, -0.25) is 9.78 Å². The van der Waals surface area contributed by atoms with Crippen molar-refractivity contribution in [2.75, 3.05) is 13.7 Å². The summed E-state index contributed by atoms with van der Waals surface area (Å²) in [7, 11) is 1.56. The van der Waals surface area contributed by atoms with Crippen LogP contribution in [0.3, 0.4) is 0 Å². The van der Waals surface area contributed by atoms with Gasteiger partial charge in [-0.1, -0.05) is 6.07 Å². The maximum atomic E-state index is 11.0. The van der Waals surface area contributed by atoms with Crippen molar-refractivity contribution in [2.24, 2.45) is 0 Å². The van der Waals surface area contributed by atoms with Crippen LogP contribution in [0.5, 0.6) is 11.5 Å². The maximum absolute atomic E-state index is 11.0. The number of hydrogen-bond donors (Lipinski definition) is 0. The zero-order chi connectivity index (χ0) is 13.5. The average Bonchev–Trinajstić information content (AvgIpc) is 2.48. The van der Waals surface area contributed by atoms with Crippen LogP contribution in [-0.2, 0) is 6.42 Å². The molecule has 0 atom stereocenters. The number of carbonyl (C=O) groups is 1. The molecule has 98 valence electrons. The van der Waals surface area contributed by atoms with Crippen molar-refractivity contribution in [3.63, 3.8) is 0 Å². The lowest BCUT2D eigenvalue weighted by Crippen LogP contribution is -2.03. The van der Waals surface area contributed by atoms with Gasteiger partial charge in [-0.25, -0.2) is 0 Å². The molecule has 1 heterocycles. The van der Waals surface area contributed by atoms with Crippen molar-refractivity contribution in [1.29, 1.82) is 0 Å². The summed E-state index contributed by atoms with van der Waals surface area (Å²) >= 11 is 0. The molecule has 4 nitrogen and oxygen atoms in total. The van der Waals surface area contributed by atoms with Crippen LogP contribution in [0.1, 0.15) is 15.9 Å². The van der Waals surface area contributed by atoms with Gasteiger partial charge in [0.25, 0.3) is 0 Å². The minimum Gasteiger partial charge on any atom is -0.497 e. The number of nitrogens with zero attached hydrogens (tertiary/aromatic N) is 1. The van der Waals surface area contributed by atoms with Crippen molar-refractivity contribution in [2.45, 2.75) is 6.42 Å². The molecule has 1 aromatic carbocycles. The van der Waals surface area contributed by atoms with Crippen LogP contribution in [0.4, 0.5) is 0 Å². The van der Waals surface area contributed by atoms with E-state index in [0.29, 0.717) is 23.7 Å². The summed E-state index contributed by atoms with van der Waals surface area (Å²) in [5.41, 5.74) is 1.59. The third-order valence-corrected chi connectivity index (χ3v) is 2.72. The second-order valence-electron chi connectivity index (χ2n) is 3.98. The van der Waals surface area contributed by atoms with Gasteiger partial charge in [0.15, 0.2) is 6.29 Å². The van der Waals surface area contributed by atoms with Crippen molar-refractivity contribution in [3.05, 3.63) is 53.9 Å². The number of carbonyl (C=O) groups excluding carboxylic acids is 1. The fourth-order valence-electron chi connectivity index (χ4n) is 1.70. The molecule has 4 heteroatoms. The van der Waals surface area contributed by atoms with E-state index in [9.17, 15) is 4.79 Å². The summed E-state index contributed by atoms with van der Waals surface area (Å²) in [4.78, 5) is 15.0. The van der Waals surface area contributed by atoms with Crippen molar-refractivity contribution >= 4 is 6.29 Å². The number of aromatic nitrogens is 1. The van der Waals surface area contributed by atoms with Gasteiger partial charge in [0.2, 0.25) is 0 Å². The molecular formula is C15H15NO3. The molecule has 0 spiro atoms. The number of aldehydes is 1. The Morgan fingerprint density at radius 1 is 1.32 bits per heavy atom. The second kappa shape index (κ2) is 6.54. The third-order valence-electron chi connectivity index (χ3n) is 2.72. The zero-order valence-corrected chi connectivity index (χ0v) is 10.7. The Hall–Kier alpha value is -2.36. The molecule has 2 aromatic rings. The van der Waals surface area contributed by atoms with E-state index in [1.54, 1.807) is 37.7 Å². The van der Waals surface area contributed by atoms with Crippen molar-refractivity contribution in [3.8, 4) is 11.5 Å². The van der Waals surface area contributed by atoms with Gasteiger partial charge in [-0.05, 0) is 29.8 Å². The molecule has 0 saturated carbocycles. The number of rotatable bonds is 6. The Morgan fingerprint density at radius 3 is 2.89 bits per heavy atom. The summed E-state index contributed by atoms with van der Waals surface area (Å²) in [5.74, 6) is 1.21. The topological polar surface area (TPSA) is 48.4 Å². The third kappa shape index (κ3) is 3.55. The molecular weight excluding hydrogens is 242 g/mol. The maximum Gasteiger partial charge on any atom is 0.153 e. The highest BCUT2D eigenvalue weighted by Crippen LogP contribution is 2.22. The molecule has 0 fully saturated rings. The number of benzene rings is 1. The monoisotopic (exact) mass is 257 g/mol. The molecule has 0 amide bonds. The van der Waals surface area contributed by atoms with Gasteiger partial charge in [-0.2, -0.15) is 0 Å². The van der Waals surface area contributed by atoms with Crippen molar-refractivity contribution in [1.82, 2.24) is 4.98 Å². The quantitative estimate of drug-likeness (QED) is 0.746. The largest absolute Gasteiger partial charge is 0.497 e. The normalized spacial score (nSPS) is 9.95. The molecule has 0 radical (unpaired) electrons. The van der Waals surface area contributed by atoms with E-state index in [4.69, 9.17) is 9.47 Å². The predicted octanol–water partition coefficient (Wildman–Crippen LogP) is 2.52. The Kier molecular flexibility index (Phi) is 4.50. The molecule has 0 aliphatic heterocycles. The fraction of sp³-hybridized carbons (Fsp3) is 0.200.